The molecule has 0 saturated heterocycles. The van der Waals surface area contributed by atoms with E-state index in [9.17, 15) is 4.79 Å². The molecule has 4 nitrogen and oxygen atoms in total. The number of benzene rings is 1. The molecule has 0 unspecified atom stereocenters. The monoisotopic (exact) mass is 264 g/mol. The second-order valence-electron chi connectivity index (χ2n) is 4.69. The summed E-state index contributed by atoms with van der Waals surface area (Å²) in [6.07, 6.45) is 1.57. The summed E-state index contributed by atoms with van der Waals surface area (Å²) in [6, 6.07) is 7.78. The molecule has 0 bridgehead atoms. The predicted octanol–water partition coefficient (Wildman–Crippen LogP) is 2.80. The number of para-hydroxylation sites is 2. The van der Waals surface area contributed by atoms with Gasteiger partial charge in [-0.1, -0.05) is 19.1 Å². The summed E-state index contributed by atoms with van der Waals surface area (Å²) in [7, 11) is 0. The van der Waals surface area contributed by atoms with Gasteiger partial charge in [0, 0.05) is 19.5 Å². The van der Waals surface area contributed by atoms with Gasteiger partial charge in [-0.25, -0.2) is 0 Å². The molecule has 1 aromatic carbocycles. The Balaban J connectivity index is 2.42. The maximum Gasteiger partial charge on any atom is 0.221 e. The Morgan fingerprint density at radius 2 is 2.00 bits per heavy atom. The van der Waals surface area contributed by atoms with E-state index in [4.69, 9.17) is 4.74 Å². The predicted molar refractivity (Wildman–Crippen MR) is 78.6 cm³/mol. The Hall–Kier alpha value is -1.71. The van der Waals surface area contributed by atoms with Crippen molar-refractivity contribution in [2.45, 2.75) is 39.7 Å². The Morgan fingerprint density at radius 1 is 1.26 bits per heavy atom. The number of anilines is 1. The second-order valence-corrected chi connectivity index (χ2v) is 4.69. The van der Waals surface area contributed by atoms with E-state index in [0.29, 0.717) is 13.0 Å². The molecule has 0 aliphatic carbocycles. The molecule has 2 N–H and O–H groups in total. The van der Waals surface area contributed by atoms with E-state index in [1.54, 1.807) is 0 Å². The van der Waals surface area contributed by atoms with Crippen molar-refractivity contribution in [2.75, 3.05) is 18.4 Å². The van der Waals surface area contributed by atoms with E-state index < -0.39 is 0 Å². The van der Waals surface area contributed by atoms with Gasteiger partial charge in [0.1, 0.15) is 5.75 Å². The number of nitrogens with one attached hydrogen (secondary N) is 2. The van der Waals surface area contributed by atoms with Crippen LogP contribution in [0.25, 0.3) is 0 Å². The number of hydrogen-bond donors (Lipinski definition) is 2. The SMILES string of the molecule is CCCNC(=O)CCNc1ccccc1OC(C)C. The molecule has 1 rings (SSSR count). The minimum absolute atomic E-state index is 0.0802. The molecule has 0 aliphatic heterocycles. The van der Waals surface area contributed by atoms with Crippen molar-refractivity contribution in [1.29, 1.82) is 0 Å². The van der Waals surface area contributed by atoms with Crippen LogP contribution in [0.4, 0.5) is 5.69 Å². The highest BCUT2D eigenvalue weighted by Gasteiger charge is 2.05. The van der Waals surface area contributed by atoms with E-state index in [0.717, 1.165) is 24.4 Å². The van der Waals surface area contributed by atoms with Crippen LogP contribution in [0.2, 0.25) is 0 Å². The summed E-state index contributed by atoms with van der Waals surface area (Å²) >= 11 is 0. The summed E-state index contributed by atoms with van der Waals surface area (Å²) in [4.78, 5) is 11.5. The largest absolute Gasteiger partial charge is 0.489 e. The lowest BCUT2D eigenvalue weighted by Crippen LogP contribution is -2.25. The molecule has 0 heterocycles. The third-order valence-corrected chi connectivity index (χ3v) is 2.49. The van der Waals surface area contributed by atoms with Crippen LogP contribution in [-0.2, 0) is 4.79 Å². The minimum Gasteiger partial charge on any atom is -0.489 e. The average molecular weight is 264 g/mol. The highest BCUT2D eigenvalue weighted by Crippen LogP contribution is 2.24. The smallest absolute Gasteiger partial charge is 0.221 e. The lowest BCUT2D eigenvalue weighted by atomic mass is 10.2. The van der Waals surface area contributed by atoms with Crippen LogP contribution in [0.15, 0.2) is 24.3 Å². The van der Waals surface area contributed by atoms with E-state index in [1.165, 1.54) is 0 Å². The number of carbonyl (C=O) groups is 1. The summed E-state index contributed by atoms with van der Waals surface area (Å²) < 4.78 is 5.70. The minimum atomic E-state index is 0.0802. The molecule has 19 heavy (non-hydrogen) atoms. The van der Waals surface area contributed by atoms with E-state index in [2.05, 4.69) is 10.6 Å². The van der Waals surface area contributed by atoms with Crippen molar-refractivity contribution in [3.05, 3.63) is 24.3 Å². The van der Waals surface area contributed by atoms with Gasteiger partial charge >= 0.3 is 0 Å². The Bertz CT molecular complexity index is 391. The molecule has 0 spiro atoms. The first-order valence-corrected chi connectivity index (χ1v) is 6.89. The summed E-state index contributed by atoms with van der Waals surface area (Å²) in [6.45, 7) is 7.38. The Labute approximate surface area is 115 Å². The molecule has 1 amide bonds. The quantitative estimate of drug-likeness (QED) is 0.759. The van der Waals surface area contributed by atoms with Crippen molar-refractivity contribution in [1.82, 2.24) is 5.32 Å². The van der Waals surface area contributed by atoms with E-state index in [-0.39, 0.29) is 12.0 Å². The molecular formula is C15H24N2O2. The third-order valence-electron chi connectivity index (χ3n) is 2.49. The summed E-state index contributed by atoms with van der Waals surface area (Å²) in [5.41, 5.74) is 0.930. The van der Waals surface area contributed by atoms with Crippen LogP contribution >= 0.6 is 0 Å². The maximum atomic E-state index is 11.5. The van der Waals surface area contributed by atoms with Gasteiger partial charge in [-0.2, -0.15) is 0 Å². The number of amides is 1. The zero-order valence-corrected chi connectivity index (χ0v) is 12.0. The van der Waals surface area contributed by atoms with Crippen LogP contribution < -0.4 is 15.4 Å². The standard InChI is InChI=1S/C15H24N2O2/c1-4-10-17-15(18)9-11-16-13-7-5-6-8-14(13)19-12(2)3/h5-8,12,16H,4,9-11H2,1-3H3,(H,17,18). The molecule has 0 aliphatic rings. The van der Waals surface area contributed by atoms with Crippen LogP contribution in [-0.4, -0.2) is 25.1 Å². The highest BCUT2D eigenvalue weighted by atomic mass is 16.5. The van der Waals surface area contributed by atoms with Gasteiger partial charge in [-0.05, 0) is 32.4 Å². The molecule has 4 heteroatoms. The van der Waals surface area contributed by atoms with Gasteiger partial charge in [0.2, 0.25) is 5.91 Å². The van der Waals surface area contributed by atoms with Crippen molar-refractivity contribution in [3.63, 3.8) is 0 Å². The third kappa shape index (κ3) is 6.13. The second kappa shape index (κ2) is 8.40. The van der Waals surface area contributed by atoms with Crippen LogP contribution in [0.5, 0.6) is 5.75 Å². The number of carbonyl (C=O) groups excluding carboxylic acids is 1. The molecule has 0 radical (unpaired) electrons. The molecule has 0 saturated carbocycles. The zero-order chi connectivity index (χ0) is 14.1. The average Bonchev–Trinajstić information content (AvgIpc) is 2.38. The first kappa shape index (κ1) is 15.3. The van der Waals surface area contributed by atoms with E-state index >= 15 is 0 Å². The lowest BCUT2D eigenvalue weighted by Gasteiger charge is -2.15. The van der Waals surface area contributed by atoms with Gasteiger partial charge < -0.3 is 15.4 Å². The molecule has 0 atom stereocenters. The molecule has 106 valence electrons. The lowest BCUT2D eigenvalue weighted by molar-refractivity contribution is -0.120. The maximum absolute atomic E-state index is 11.5. The van der Waals surface area contributed by atoms with Crippen molar-refractivity contribution < 1.29 is 9.53 Å². The van der Waals surface area contributed by atoms with Gasteiger partial charge in [0.25, 0.3) is 0 Å². The van der Waals surface area contributed by atoms with Gasteiger partial charge in [-0.3, -0.25) is 4.79 Å². The Morgan fingerprint density at radius 3 is 2.68 bits per heavy atom. The molecule has 1 aromatic rings. The molecule has 0 fully saturated rings. The number of rotatable bonds is 8. The van der Waals surface area contributed by atoms with Gasteiger partial charge in [-0.15, -0.1) is 0 Å². The fraction of sp³-hybridized carbons (Fsp3) is 0.533. The highest BCUT2D eigenvalue weighted by molar-refractivity contribution is 5.76. The molecule has 0 aromatic heterocycles. The van der Waals surface area contributed by atoms with E-state index in [1.807, 2.05) is 45.0 Å². The fourth-order valence-electron chi connectivity index (χ4n) is 1.63. The van der Waals surface area contributed by atoms with Crippen molar-refractivity contribution >= 4 is 11.6 Å². The van der Waals surface area contributed by atoms with Gasteiger partial charge in [0.15, 0.2) is 0 Å². The topological polar surface area (TPSA) is 50.4 Å². The number of ether oxygens (including phenoxy) is 1. The first-order valence-electron chi connectivity index (χ1n) is 6.89. The zero-order valence-electron chi connectivity index (χ0n) is 12.0. The van der Waals surface area contributed by atoms with Crippen molar-refractivity contribution in [2.24, 2.45) is 0 Å². The van der Waals surface area contributed by atoms with Crippen LogP contribution in [0, 0.1) is 0 Å². The Kier molecular flexibility index (Phi) is 6.79. The number of hydrogen-bond acceptors (Lipinski definition) is 3. The fourth-order valence-corrected chi connectivity index (χ4v) is 1.63. The normalized spacial score (nSPS) is 10.3. The van der Waals surface area contributed by atoms with Crippen LogP contribution in [0.1, 0.15) is 33.6 Å². The van der Waals surface area contributed by atoms with Crippen LogP contribution in [0.3, 0.4) is 0 Å². The van der Waals surface area contributed by atoms with Gasteiger partial charge in [0.05, 0.1) is 11.8 Å². The summed E-state index contributed by atoms with van der Waals surface area (Å²) in [5, 5.41) is 6.10. The summed E-state index contributed by atoms with van der Waals surface area (Å²) in [5.74, 6) is 0.906. The van der Waals surface area contributed by atoms with Crippen molar-refractivity contribution in [3.8, 4) is 5.75 Å². The molecular weight excluding hydrogens is 240 g/mol. The first-order chi connectivity index (χ1) is 9.13.